The molecule has 128 valence electrons. The lowest BCUT2D eigenvalue weighted by Gasteiger charge is -2.17. The van der Waals surface area contributed by atoms with Crippen molar-refractivity contribution in [1.29, 1.82) is 0 Å². The van der Waals surface area contributed by atoms with Crippen molar-refractivity contribution in [3.05, 3.63) is 54.4 Å². The first-order chi connectivity index (χ1) is 12.1. The Kier molecular flexibility index (Phi) is 4.56. The molecule has 0 bridgehead atoms. The molecule has 1 aromatic heterocycles. The van der Waals surface area contributed by atoms with E-state index in [1.54, 1.807) is 44.8 Å². The first-order valence-electron chi connectivity index (χ1n) is 7.48. The van der Waals surface area contributed by atoms with Crippen molar-refractivity contribution in [1.82, 2.24) is 10.2 Å². The molecule has 0 aliphatic rings. The predicted molar refractivity (Wildman–Crippen MR) is 93.8 cm³/mol. The van der Waals surface area contributed by atoms with E-state index in [1.807, 2.05) is 12.1 Å². The van der Waals surface area contributed by atoms with Crippen LogP contribution < -0.4 is 14.8 Å². The number of hydrogen-bond acceptors (Lipinski definition) is 5. The third-order valence-electron chi connectivity index (χ3n) is 3.75. The van der Waals surface area contributed by atoms with Crippen molar-refractivity contribution < 1.29 is 19.4 Å². The molecule has 0 atom stereocenters. The van der Waals surface area contributed by atoms with Gasteiger partial charge in [-0.05, 0) is 29.8 Å². The molecule has 25 heavy (non-hydrogen) atoms. The summed E-state index contributed by atoms with van der Waals surface area (Å²) in [5.74, 6) is 0.0301. The van der Waals surface area contributed by atoms with Gasteiger partial charge in [0.15, 0.2) is 0 Å². The second-order valence-corrected chi connectivity index (χ2v) is 5.22. The number of aromatic amines is 1. The summed E-state index contributed by atoms with van der Waals surface area (Å²) >= 11 is 0. The van der Waals surface area contributed by atoms with Crippen molar-refractivity contribution in [2.45, 2.75) is 0 Å². The van der Waals surface area contributed by atoms with Crippen molar-refractivity contribution in [3.8, 4) is 22.6 Å². The highest BCUT2D eigenvalue weighted by atomic mass is 16.5. The lowest BCUT2D eigenvalue weighted by Crippen LogP contribution is -2.04. The standard InChI is InChI=1S/C18H17N3O4/c1-24-15-7-11(12-9-19-20-10-12)8-16(25-2)17(15)21-14-6-4-3-5-13(14)18(22)23/h3-10,21H,1-2H3,(H,19,20)(H,22,23). The van der Waals surface area contributed by atoms with Gasteiger partial charge in [0.2, 0.25) is 0 Å². The SMILES string of the molecule is COc1cc(-c2cn[nH]c2)cc(OC)c1Nc1ccccc1C(=O)O. The van der Waals surface area contributed by atoms with E-state index in [0.29, 0.717) is 22.9 Å². The third-order valence-corrected chi connectivity index (χ3v) is 3.75. The summed E-state index contributed by atoms with van der Waals surface area (Å²) in [7, 11) is 3.09. The Morgan fingerprint density at radius 2 is 1.80 bits per heavy atom. The first kappa shape index (κ1) is 16.4. The monoisotopic (exact) mass is 339 g/mol. The van der Waals surface area contributed by atoms with Gasteiger partial charge in [0.25, 0.3) is 0 Å². The number of aromatic carboxylic acids is 1. The lowest BCUT2D eigenvalue weighted by atomic mass is 10.1. The van der Waals surface area contributed by atoms with E-state index >= 15 is 0 Å². The Morgan fingerprint density at radius 3 is 2.36 bits per heavy atom. The molecule has 0 unspecified atom stereocenters. The number of nitrogens with zero attached hydrogens (tertiary/aromatic N) is 1. The van der Waals surface area contributed by atoms with E-state index < -0.39 is 5.97 Å². The molecule has 0 saturated carbocycles. The van der Waals surface area contributed by atoms with Crippen molar-refractivity contribution >= 4 is 17.3 Å². The van der Waals surface area contributed by atoms with E-state index in [9.17, 15) is 9.90 Å². The minimum atomic E-state index is -1.02. The molecule has 3 aromatic rings. The second-order valence-electron chi connectivity index (χ2n) is 5.22. The molecule has 1 heterocycles. The molecule has 3 N–H and O–H groups in total. The van der Waals surface area contributed by atoms with Crippen LogP contribution in [0.5, 0.6) is 11.5 Å². The van der Waals surface area contributed by atoms with Crippen LogP contribution in [0, 0.1) is 0 Å². The van der Waals surface area contributed by atoms with Gasteiger partial charge >= 0.3 is 5.97 Å². The first-order valence-corrected chi connectivity index (χ1v) is 7.48. The quantitative estimate of drug-likeness (QED) is 0.636. The van der Waals surface area contributed by atoms with E-state index in [1.165, 1.54) is 6.07 Å². The van der Waals surface area contributed by atoms with Crippen molar-refractivity contribution in [3.63, 3.8) is 0 Å². The molecule has 0 radical (unpaired) electrons. The average molecular weight is 339 g/mol. The van der Waals surface area contributed by atoms with Crippen LogP contribution in [0.1, 0.15) is 10.4 Å². The lowest BCUT2D eigenvalue weighted by molar-refractivity contribution is 0.0698. The summed E-state index contributed by atoms with van der Waals surface area (Å²) in [5, 5.41) is 19.2. The Hall–Kier alpha value is -3.48. The summed E-state index contributed by atoms with van der Waals surface area (Å²) in [6, 6.07) is 10.3. The van der Waals surface area contributed by atoms with Gasteiger partial charge < -0.3 is 19.9 Å². The van der Waals surface area contributed by atoms with Crippen LogP contribution in [0.4, 0.5) is 11.4 Å². The maximum atomic E-state index is 11.4. The fraction of sp³-hybridized carbons (Fsp3) is 0.111. The van der Waals surface area contributed by atoms with Crippen LogP contribution in [0.3, 0.4) is 0 Å². The fourth-order valence-electron chi connectivity index (χ4n) is 2.52. The number of methoxy groups -OCH3 is 2. The molecule has 0 amide bonds. The van der Waals surface area contributed by atoms with E-state index in [4.69, 9.17) is 9.47 Å². The summed E-state index contributed by atoms with van der Waals surface area (Å²) < 4.78 is 11.0. The molecule has 0 fully saturated rings. The molecule has 3 rings (SSSR count). The molecule has 7 nitrogen and oxygen atoms in total. The van der Waals surface area contributed by atoms with Gasteiger partial charge in [-0.3, -0.25) is 5.10 Å². The molecular formula is C18H17N3O4. The summed E-state index contributed by atoms with van der Waals surface area (Å²) in [5.41, 5.74) is 2.90. The summed E-state index contributed by atoms with van der Waals surface area (Å²) in [4.78, 5) is 11.4. The van der Waals surface area contributed by atoms with Crippen LogP contribution in [-0.2, 0) is 0 Å². The summed E-state index contributed by atoms with van der Waals surface area (Å²) in [6.07, 6.45) is 3.46. The largest absolute Gasteiger partial charge is 0.494 e. The topological polar surface area (TPSA) is 96.5 Å². The van der Waals surface area contributed by atoms with Crippen molar-refractivity contribution in [2.75, 3.05) is 19.5 Å². The maximum absolute atomic E-state index is 11.4. The predicted octanol–water partition coefficient (Wildman–Crippen LogP) is 3.54. The van der Waals surface area contributed by atoms with Gasteiger partial charge in [0.1, 0.15) is 17.2 Å². The zero-order chi connectivity index (χ0) is 17.8. The van der Waals surface area contributed by atoms with E-state index in [-0.39, 0.29) is 5.56 Å². The average Bonchev–Trinajstić information content (AvgIpc) is 3.16. The Bertz CT molecular complexity index is 866. The number of benzene rings is 2. The molecule has 2 aromatic carbocycles. The molecule has 7 heteroatoms. The molecule has 0 aliphatic carbocycles. The number of nitrogens with one attached hydrogen (secondary N) is 2. The fourth-order valence-corrected chi connectivity index (χ4v) is 2.52. The number of aromatic nitrogens is 2. The van der Waals surface area contributed by atoms with E-state index in [2.05, 4.69) is 15.5 Å². The number of carboxylic acids is 1. The minimum Gasteiger partial charge on any atom is -0.494 e. The molecule has 0 spiro atoms. The van der Waals surface area contributed by atoms with Crippen LogP contribution in [0.25, 0.3) is 11.1 Å². The van der Waals surface area contributed by atoms with Gasteiger partial charge in [0, 0.05) is 11.8 Å². The maximum Gasteiger partial charge on any atom is 0.337 e. The zero-order valence-electron chi connectivity index (χ0n) is 13.7. The zero-order valence-corrected chi connectivity index (χ0v) is 13.7. The minimum absolute atomic E-state index is 0.158. The highest BCUT2D eigenvalue weighted by molar-refractivity contribution is 5.96. The van der Waals surface area contributed by atoms with E-state index in [0.717, 1.165) is 11.1 Å². The second kappa shape index (κ2) is 6.96. The Morgan fingerprint density at radius 1 is 1.12 bits per heavy atom. The highest BCUT2D eigenvalue weighted by Crippen LogP contribution is 2.41. The molecule has 0 aliphatic heterocycles. The van der Waals surface area contributed by atoms with Gasteiger partial charge in [-0.2, -0.15) is 5.10 Å². The number of carbonyl (C=O) groups is 1. The normalized spacial score (nSPS) is 10.3. The summed E-state index contributed by atoms with van der Waals surface area (Å²) in [6.45, 7) is 0. The van der Waals surface area contributed by atoms with Gasteiger partial charge in [-0.1, -0.05) is 12.1 Å². The van der Waals surface area contributed by atoms with Gasteiger partial charge in [-0.15, -0.1) is 0 Å². The number of anilines is 2. The van der Waals surface area contributed by atoms with Crippen LogP contribution in [0.2, 0.25) is 0 Å². The number of carboxylic acid groups (broad SMARTS) is 1. The number of H-pyrrole nitrogens is 1. The number of para-hydroxylation sites is 1. The van der Waals surface area contributed by atoms with Crippen LogP contribution in [-0.4, -0.2) is 35.5 Å². The number of rotatable bonds is 6. The molecule has 0 saturated heterocycles. The van der Waals surface area contributed by atoms with Crippen LogP contribution >= 0.6 is 0 Å². The highest BCUT2D eigenvalue weighted by Gasteiger charge is 2.17. The Balaban J connectivity index is 2.08. The smallest absolute Gasteiger partial charge is 0.337 e. The van der Waals surface area contributed by atoms with Crippen LogP contribution in [0.15, 0.2) is 48.8 Å². The Labute approximate surface area is 144 Å². The molecular weight excluding hydrogens is 322 g/mol. The number of hydrogen-bond donors (Lipinski definition) is 3. The van der Waals surface area contributed by atoms with Gasteiger partial charge in [-0.25, -0.2) is 4.79 Å². The van der Waals surface area contributed by atoms with Gasteiger partial charge in [0.05, 0.1) is 31.7 Å². The van der Waals surface area contributed by atoms with Crippen molar-refractivity contribution in [2.24, 2.45) is 0 Å². The number of ether oxygens (including phenoxy) is 2. The third kappa shape index (κ3) is 3.25.